The molecule has 2 atom stereocenters. The van der Waals surface area contributed by atoms with E-state index in [2.05, 4.69) is 20.6 Å². The van der Waals surface area contributed by atoms with Crippen LogP contribution in [0.3, 0.4) is 0 Å². The first-order valence-corrected chi connectivity index (χ1v) is 8.87. The highest BCUT2D eigenvalue weighted by Gasteiger charge is 2.40. The van der Waals surface area contributed by atoms with Crippen molar-refractivity contribution in [3.05, 3.63) is 81.1 Å². The van der Waals surface area contributed by atoms with E-state index in [9.17, 15) is 14.9 Å². The molecule has 7 nitrogen and oxygen atoms in total. The fourth-order valence-corrected chi connectivity index (χ4v) is 3.49. The fourth-order valence-electron chi connectivity index (χ4n) is 3.29. The van der Waals surface area contributed by atoms with Gasteiger partial charge in [-0.1, -0.05) is 41.9 Å². The van der Waals surface area contributed by atoms with Gasteiger partial charge < -0.3 is 10.6 Å². The lowest BCUT2D eigenvalue weighted by atomic mass is 9.79. The van der Waals surface area contributed by atoms with Gasteiger partial charge in [-0.05, 0) is 29.8 Å². The summed E-state index contributed by atoms with van der Waals surface area (Å²) in [6.07, 6.45) is 0. The van der Waals surface area contributed by atoms with E-state index in [4.69, 9.17) is 11.6 Å². The standard InChI is InChI=1S/C20H14ClN5O2/c21-12-6-4-5-11(9-12)15-14(10-22)18(27)24-17-16(15)19(28)26-20(25-17)23-13-7-2-1-3-8-13/h1-9,14-15H,(H3,23,24,25,26,27,28). The Hall–Kier alpha value is -3.63. The van der Waals surface area contributed by atoms with Crippen LogP contribution in [0.25, 0.3) is 0 Å². The van der Waals surface area contributed by atoms with Crippen molar-refractivity contribution in [3.8, 4) is 6.07 Å². The lowest BCUT2D eigenvalue weighted by molar-refractivity contribution is -0.119. The van der Waals surface area contributed by atoms with E-state index in [-0.39, 0.29) is 17.3 Å². The van der Waals surface area contributed by atoms with Gasteiger partial charge in [0.2, 0.25) is 11.9 Å². The summed E-state index contributed by atoms with van der Waals surface area (Å²) < 4.78 is 0. The van der Waals surface area contributed by atoms with Gasteiger partial charge >= 0.3 is 0 Å². The summed E-state index contributed by atoms with van der Waals surface area (Å²) in [5.74, 6) is -2.03. The Morgan fingerprint density at radius 2 is 1.89 bits per heavy atom. The Kier molecular flexibility index (Phi) is 4.55. The second-order valence-corrected chi connectivity index (χ2v) is 6.73. The predicted molar refractivity (Wildman–Crippen MR) is 106 cm³/mol. The van der Waals surface area contributed by atoms with Gasteiger partial charge in [0.1, 0.15) is 11.7 Å². The molecule has 28 heavy (non-hydrogen) atoms. The van der Waals surface area contributed by atoms with Gasteiger partial charge in [-0.15, -0.1) is 0 Å². The van der Waals surface area contributed by atoms with Gasteiger partial charge in [0.25, 0.3) is 5.56 Å². The molecular weight excluding hydrogens is 378 g/mol. The van der Waals surface area contributed by atoms with Crippen molar-refractivity contribution in [2.45, 2.75) is 5.92 Å². The second kappa shape index (κ2) is 7.18. The molecule has 2 aromatic carbocycles. The molecule has 0 bridgehead atoms. The second-order valence-electron chi connectivity index (χ2n) is 6.30. The molecule has 1 aliphatic heterocycles. The number of rotatable bonds is 3. The molecule has 3 N–H and O–H groups in total. The number of benzene rings is 2. The number of nitrogens with one attached hydrogen (secondary N) is 3. The molecule has 4 rings (SSSR count). The lowest BCUT2D eigenvalue weighted by Gasteiger charge is -2.28. The summed E-state index contributed by atoms with van der Waals surface area (Å²) in [6.45, 7) is 0. The fraction of sp³-hybridized carbons (Fsp3) is 0.100. The van der Waals surface area contributed by atoms with Crippen LogP contribution in [0.5, 0.6) is 0 Å². The number of halogens is 1. The van der Waals surface area contributed by atoms with E-state index in [1.807, 2.05) is 36.4 Å². The molecule has 0 aliphatic carbocycles. The maximum atomic E-state index is 12.9. The van der Waals surface area contributed by atoms with E-state index in [0.29, 0.717) is 10.6 Å². The largest absolute Gasteiger partial charge is 0.326 e. The third-order valence-corrected chi connectivity index (χ3v) is 4.74. The van der Waals surface area contributed by atoms with Crippen LogP contribution < -0.4 is 16.2 Å². The Bertz CT molecular complexity index is 1150. The van der Waals surface area contributed by atoms with Gasteiger partial charge in [-0.25, -0.2) is 0 Å². The minimum Gasteiger partial charge on any atom is -0.326 e. The number of anilines is 3. The third kappa shape index (κ3) is 3.21. The molecule has 0 radical (unpaired) electrons. The molecular formula is C20H14ClN5O2. The Morgan fingerprint density at radius 1 is 1.11 bits per heavy atom. The summed E-state index contributed by atoms with van der Waals surface area (Å²) in [5.41, 5.74) is 1.13. The number of hydrogen-bond donors (Lipinski definition) is 3. The average Bonchev–Trinajstić information content (AvgIpc) is 2.67. The summed E-state index contributed by atoms with van der Waals surface area (Å²) >= 11 is 6.08. The minimum atomic E-state index is -1.07. The number of hydrogen-bond acceptors (Lipinski definition) is 5. The Morgan fingerprint density at radius 3 is 2.61 bits per heavy atom. The number of carbonyl (C=O) groups excluding carboxylic acids is 1. The molecule has 1 amide bonds. The van der Waals surface area contributed by atoms with Gasteiger partial charge in [0, 0.05) is 16.6 Å². The van der Waals surface area contributed by atoms with Crippen molar-refractivity contribution in [2.24, 2.45) is 5.92 Å². The summed E-state index contributed by atoms with van der Waals surface area (Å²) in [5, 5.41) is 15.6. The molecule has 138 valence electrons. The first-order valence-electron chi connectivity index (χ1n) is 8.49. The molecule has 8 heteroatoms. The zero-order valence-corrected chi connectivity index (χ0v) is 15.2. The van der Waals surface area contributed by atoms with Gasteiger partial charge in [0.15, 0.2) is 0 Å². The van der Waals surface area contributed by atoms with Crippen molar-refractivity contribution in [1.29, 1.82) is 5.26 Å². The van der Waals surface area contributed by atoms with Gasteiger partial charge in [0.05, 0.1) is 11.6 Å². The first kappa shape index (κ1) is 17.8. The highest BCUT2D eigenvalue weighted by molar-refractivity contribution is 6.30. The topological polar surface area (TPSA) is 111 Å². The molecule has 3 aromatic rings. The molecule has 0 saturated carbocycles. The maximum Gasteiger partial charge on any atom is 0.258 e. The Labute approximate surface area is 165 Å². The molecule has 1 aliphatic rings. The molecule has 2 heterocycles. The number of H-pyrrole nitrogens is 1. The highest BCUT2D eigenvalue weighted by atomic mass is 35.5. The number of fused-ring (bicyclic) bond motifs is 1. The first-order chi connectivity index (χ1) is 13.6. The number of aromatic nitrogens is 2. The Balaban J connectivity index is 1.83. The molecule has 0 fully saturated rings. The number of nitrogens with zero attached hydrogens (tertiary/aromatic N) is 2. The number of nitriles is 1. The van der Waals surface area contributed by atoms with E-state index in [1.54, 1.807) is 24.3 Å². The molecule has 0 saturated heterocycles. The van der Waals surface area contributed by atoms with E-state index < -0.39 is 23.3 Å². The van der Waals surface area contributed by atoms with E-state index in [1.165, 1.54) is 0 Å². The van der Waals surface area contributed by atoms with Crippen LogP contribution in [0.4, 0.5) is 17.5 Å². The smallest absolute Gasteiger partial charge is 0.258 e. The predicted octanol–water partition coefficient (Wildman–Crippen LogP) is 3.39. The van der Waals surface area contributed by atoms with Crippen LogP contribution in [0.1, 0.15) is 17.0 Å². The molecule has 1 aromatic heterocycles. The number of aromatic amines is 1. The zero-order valence-electron chi connectivity index (χ0n) is 14.4. The van der Waals surface area contributed by atoms with Crippen molar-refractivity contribution in [3.63, 3.8) is 0 Å². The SMILES string of the molecule is N#CC1C(=O)Nc2nc(Nc3ccccc3)[nH]c(=O)c2C1c1cccc(Cl)c1. The molecule has 0 spiro atoms. The summed E-state index contributed by atoms with van der Waals surface area (Å²) in [6, 6.07) is 18.0. The van der Waals surface area contributed by atoms with Crippen molar-refractivity contribution < 1.29 is 4.79 Å². The normalized spacial score (nSPS) is 17.9. The summed E-state index contributed by atoms with van der Waals surface area (Å²) in [7, 11) is 0. The van der Waals surface area contributed by atoms with Crippen molar-refractivity contribution in [2.75, 3.05) is 10.6 Å². The van der Waals surface area contributed by atoms with Crippen LogP contribution in [-0.4, -0.2) is 15.9 Å². The lowest BCUT2D eigenvalue weighted by Crippen LogP contribution is -2.38. The van der Waals surface area contributed by atoms with Gasteiger partial charge in [-0.3, -0.25) is 14.6 Å². The van der Waals surface area contributed by atoms with E-state index >= 15 is 0 Å². The zero-order chi connectivity index (χ0) is 19.7. The van der Waals surface area contributed by atoms with E-state index in [0.717, 1.165) is 5.69 Å². The van der Waals surface area contributed by atoms with Crippen LogP contribution in [0, 0.1) is 17.2 Å². The third-order valence-electron chi connectivity index (χ3n) is 4.51. The van der Waals surface area contributed by atoms with Crippen molar-refractivity contribution in [1.82, 2.24) is 9.97 Å². The highest BCUT2D eigenvalue weighted by Crippen LogP contribution is 2.38. The van der Waals surface area contributed by atoms with Crippen LogP contribution >= 0.6 is 11.6 Å². The van der Waals surface area contributed by atoms with Crippen LogP contribution in [0.15, 0.2) is 59.4 Å². The van der Waals surface area contributed by atoms with Crippen LogP contribution in [-0.2, 0) is 4.79 Å². The summed E-state index contributed by atoms with van der Waals surface area (Å²) in [4.78, 5) is 32.4. The maximum absolute atomic E-state index is 12.9. The monoisotopic (exact) mass is 391 g/mol. The van der Waals surface area contributed by atoms with Crippen LogP contribution in [0.2, 0.25) is 5.02 Å². The van der Waals surface area contributed by atoms with Gasteiger partial charge in [-0.2, -0.15) is 10.2 Å². The number of carbonyl (C=O) groups is 1. The number of para-hydroxylation sites is 1. The van der Waals surface area contributed by atoms with Crippen molar-refractivity contribution >= 4 is 35.0 Å². The quantitative estimate of drug-likeness (QED) is 0.633. The minimum absolute atomic E-state index is 0.128. The number of amides is 1. The average molecular weight is 392 g/mol. The molecule has 2 unspecified atom stereocenters.